The minimum atomic E-state index is -3.74. The first-order valence-corrected chi connectivity index (χ1v) is 10.6. The molecule has 9 nitrogen and oxygen atoms in total. The second kappa shape index (κ2) is 7.70. The smallest absolute Gasteiger partial charge is 0.293 e. The molecule has 0 aliphatic carbocycles. The Morgan fingerprint density at radius 1 is 1.19 bits per heavy atom. The second-order valence-electron chi connectivity index (χ2n) is 7.43. The summed E-state index contributed by atoms with van der Waals surface area (Å²) in [7, 11) is -1.72. The van der Waals surface area contributed by atoms with Crippen LogP contribution in [0.5, 0.6) is 0 Å². The van der Waals surface area contributed by atoms with Gasteiger partial charge in [-0.1, -0.05) is 0 Å². The first-order valence-electron chi connectivity index (χ1n) is 9.19. The monoisotopic (exact) mass is 399 g/mol. The highest BCUT2D eigenvalue weighted by atomic mass is 32.2. The fourth-order valence-corrected chi connectivity index (χ4v) is 5.17. The summed E-state index contributed by atoms with van der Waals surface area (Å²) < 4.78 is 32.9. The van der Waals surface area contributed by atoms with Crippen LogP contribution in [0.3, 0.4) is 0 Å². The first-order chi connectivity index (χ1) is 12.7. The Hall–Kier alpha value is -1.75. The number of nitrogens with one attached hydrogen (secondary N) is 1. The van der Waals surface area contributed by atoms with Crippen molar-refractivity contribution >= 4 is 21.4 Å². The van der Waals surface area contributed by atoms with E-state index in [2.05, 4.69) is 0 Å². The van der Waals surface area contributed by atoms with Crippen LogP contribution in [0.2, 0.25) is 0 Å². The maximum atomic E-state index is 12.9. The van der Waals surface area contributed by atoms with Crippen molar-refractivity contribution in [3.05, 3.63) is 28.3 Å². The standard InChI is InChI=1S/C17H26N4O5S/c1-13-11-19(12-14(2)26-13)16-5-4-15(10-17(16)21(22)23)27(24,25)20-8-6-18(3)7-9-20/h4-5,10,13-14H,6-9,11-12H2,1-3H3/p+1/t13-,14-/m0/s1. The van der Waals surface area contributed by atoms with E-state index in [-0.39, 0.29) is 22.8 Å². The van der Waals surface area contributed by atoms with E-state index in [0.717, 1.165) is 13.1 Å². The highest BCUT2D eigenvalue weighted by Gasteiger charge is 2.33. The number of morpholine rings is 1. The van der Waals surface area contributed by atoms with E-state index in [0.29, 0.717) is 31.9 Å². The third-order valence-electron chi connectivity index (χ3n) is 5.12. The van der Waals surface area contributed by atoms with Gasteiger partial charge in [0.25, 0.3) is 5.69 Å². The van der Waals surface area contributed by atoms with Crippen LogP contribution in [0.1, 0.15) is 13.8 Å². The fraction of sp³-hybridized carbons (Fsp3) is 0.647. The van der Waals surface area contributed by atoms with Crippen LogP contribution in [0.4, 0.5) is 11.4 Å². The third-order valence-corrected chi connectivity index (χ3v) is 7.01. The van der Waals surface area contributed by atoms with Crippen LogP contribution in [0, 0.1) is 10.1 Å². The van der Waals surface area contributed by atoms with Crippen molar-refractivity contribution in [2.45, 2.75) is 31.0 Å². The van der Waals surface area contributed by atoms with Crippen molar-refractivity contribution in [1.82, 2.24) is 4.31 Å². The number of rotatable bonds is 4. The molecule has 1 aromatic rings. The minimum absolute atomic E-state index is 0.0214. The number of ether oxygens (including phenoxy) is 1. The summed E-state index contributed by atoms with van der Waals surface area (Å²) in [4.78, 5) is 14.3. The van der Waals surface area contributed by atoms with E-state index in [4.69, 9.17) is 4.74 Å². The van der Waals surface area contributed by atoms with Crippen LogP contribution >= 0.6 is 0 Å². The number of nitro benzene ring substituents is 1. The SMILES string of the molecule is C[C@H]1CN(c2ccc(S(=O)(=O)N3CC[NH+](C)CC3)cc2[N+](=O)[O-])C[C@H](C)O1. The maximum absolute atomic E-state index is 12.9. The largest absolute Gasteiger partial charge is 0.372 e. The van der Waals surface area contributed by atoms with Gasteiger partial charge in [0.15, 0.2) is 0 Å². The zero-order valence-electron chi connectivity index (χ0n) is 15.9. The average Bonchev–Trinajstić information content (AvgIpc) is 2.60. The molecule has 0 saturated carbocycles. The number of hydrogen-bond donors (Lipinski definition) is 1. The molecule has 2 atom stereocenters. The molecule has 27 heavy (non-hydrogen) atoms. The van der Waals surface area contributed by atoms with Gasteiger partial charge in [0.1, 0.15) is 5.69 Å². The number of nitro groups is 1. The normalized spacial score (nSPS) is 25.5. The highest BCUT2D eigenvalue weighted by molar-refractivity contribution is 7.89. The number of nitrogens with zero attached hydrogens (tertiary/aromatic N) is 3. The Morgan fingerprint density at radius 2 is 1.78 bits per heavy atom. The summed E-state index contributed by atoms with van der Waals surface area (Å²) in [5.41, 5.74) is 0.251. The van der Waals surface area contributed by atoms with Gasteiger partial charge in [0, 0.05) is 19.2 Å². The van der Waals surface area contributed by atoms with Gasteiger partial charge in [0.05, 0.1) is 55.3 Å². The van der Waals surface area contributed by atoms with Crippen LogP contribution in [0.15, 0.2) is 23.1 Å². The van der Waals surface area contributed by atoms with E-state index in [1.807, 2.05) is 25.8 Å². The van der Waals surface area contributed by atoms with Crippen molar-refractivity contribution in [3.63, 3.8) is 0 Å². The van der Waals surface area contributed by atoms with Crippen LogP contribution in [-0.4, -0.2) is 76.2 Å². The van der Waals surface area contributed by atoms with Crippen molar-refractivity contribution in [1.29, 1.82) is 0 Å². The number of likely N-dealkylation sites (N-methyl/N-ethyl adjacent to an activating group) is 1. The zero-order valence-corrected chi connectivity index (χ0v) is 16.7. The first kappa shape index (κ1) is 20.0. The number of hydrogen-bond acceptors (Lipinski definition) is 6. The molecule has 1 aromatic carbocycles. The molecule has 0 radical (unpaired) electrons. The lowest BCUT2D eigenvalue weighted by Gasteiger charge is -2.36. The Morgan fingerprint density at radius 3 is 2.33 bits per heavy atom. The summed E-state index contributed by atoms with van der Waals surface area (Å²) in [6, 6.07) is 4.23. The molecule has 0 amide bonds. The van der Waals surface area contributed by atoms with Gasteiger partial charge in [0.2, 0.25) is 10.0 Å². The average molecular weight is 399 g/mol. The quantitative estimate of drug-likeness (QED) is 0.553. The van der Waals surface area contributed by atoms with Crippen molar-refractivity contribution in [3.8, 4) is 0 Å². The number of anilines is 1. The van der Waals surface area contributed by atoms with Crippen molar-refractivity contribution in [2.24, 2.45) is 0 Å². The molecular formula is C17H27N4O5S+. The number of piperazine rings is 1. The van der Waals surface area contributed by atoms with E-state index in [1.165, 1.54) is 21.3 Å². The zero-order chi connectivity index (χ0) is 19.8. The lowest BCUT2D eigenvalue weighted by Crippen LogP contribution is -3.12. The van der Waals surface area contributed by atoms with Crippen molar-refractivity contribution in [2.75, 3.05) is 51.2 Å². The molecule has 1 N–H and O–H groups in total. The molecule has 2 aliphatic heterocycles. The predicted octanol–water partition coefficient (Wildman–Crippen LogP) is -0.273. The predicted molar refractivity (Wildman–Crippen MR) is 101 cm³/mol. The second-order valence-corrected chi connectivity index (χ2v) is 9.37. The Kier molecular flexibility index (Phi) is 5.71. The number of benzene rings is 1. The summed E-state index contributed by atoms with van der Waals surface area (Å²) >= 11 is 0. The Labute approximate surface area is 159 Å². The van der Waals surface area contributed by atoms with Gasteiger partial charge < -0.3 is 14.5 Å². The molecule has 10 heteroatoms. The van der Waals surface area contributed by atoms with E-state index >= 15 is 0 Å². The molecule has 2 fully saturated rings. The molecular weight excluding hydrogens is 372 g/mol. The van der Waals surface area contributed by atoms with Gasteiger partial charge in [-0.25, -0.2) is 8.42 Å². The Balaban J connectivity index is 1.93. The summed E-state index contributed by atoms with van der Waals surface area (Å²) in [6.45, 7) is 7.18. The number of sulfonamides is 1. The maximum Gasteiger partial charge on any atom is 0.293 e. The van der Waals surface area contributed by atoms with E-state index in [1.54, 1.807) is 6.07 Å². The number of quaternary nitrogens is 1. The molecule has 2 heterocycles. The van der Waals surface area contributed by atoms with Crippen LogP contribution in [0.25, 0.3) is 0 Å². The molecule has 0 bridgehead atoms. The molecule has 0 spiro atoms. The van der Waals surface area contributed by atoms with E-state index < -0.39 is 14.9 Å². The lowest BCUT2D eigenvalue weighted by atomic mass is 10.2. The molecule has 3 rings (SSSR count). The minimum Gasteiger partial charge on any atom is -0.372 e. The van der Waals surface area contributed by atoms with Crippen LogP contribution < -0.4 is 9.80 Å². The fourth-order valence-electron chi connectivity index (χ4n) is 3.71. The highest BCUT2D eigenvalue weighted by Crippen LogP contribution is 2.33. The topological polar surface area (TPSA) is 97.4 Å². The summed E-state index contributed by atoms with van der Waals surface area (Å²) in [5.74, 6) is 0. The van der Waals surface area contributed by atoms with Crippen molar-refractivity contribution < 1.29 is 23.0 Å². The molecule has 0 unspecified atom stereocenters. The molecule has 2 aliphatic rings. The summed E-state index contributed by atoms with van der Waals surface area (Å²) in [6.07, 6.45) is -0.103. The summed E-state index contributed by atoms with van der Waals surface area (Å²) in [5, 5.41) is 11.7. The molecule has 0 aromatic heterocycles. The van der Waals surface area contributed by atoms with Gasteiger partial charge in [-0.2, -0.15) is 4.31 Å². The lowest BCUT2D eigenvalue weighted by molar-refractivity contribution is -0.883. The van der Waals surface area contributed by atoms with Gasteiger partial charge >= 0.3 is 0 Å². The third kappa shape index (κ3) is 4.23. The van der Waals surface area contributed by atoms with Gasteiger partial charge in [-0.3, -0.25) is 10.1 Å². The van der Waals surface area contributed by atoms with Crippen LogP contribution in [-0.2, 0) is 14.8 Å². The molecule has 150 valence electrons. The van der Waals surface area contributed by atoms with E-state index in [9.17, 15) is 18.5 Å². The van der Waals surface area contributed by atoms with Gasteiger partial charge in [-0.05, 0) is 26.0 Å². The van der Waals surface area contributed by atoms with Gasteiger partial charge in [-0.15, -0.1) is 0 Å². The Bertz CT molecular complexity index is 798. The molecule has 2 saturated heterocycles.